The van der Waals surface area contributed by atoms with E-state index in [1.165, 1.54) is 36.4 Å². The predicted octanol–water partition coefficient (Wildman–Crippen LogP) is 3.54. The molecule has 2 aromatic carbocycles. The van der Waals surface area contributed by atoms with Gasteiger partial charge in [0.2, 0.25) is 0 Å². The molecule has 7 nitrogen and oxygen atoms in total. The summed E-state index contributed by atoms with van der Waals surface area (Å²) >= 11 is 0. The second-order valence-corrected chi connectivity index (χ2v) is 5.14. The Hall–Kier alpha value is -2.64. The molecule has 2 aromatic rings. The number of hydrogen-bond acceptors (Lipinski definition) is 6. The normalized spacial score (nSPS) is 13.3. The molecule has 0 spiro atoms. The van der Waals surface area contributed by atoms with Crippen molar-refractivity contribution in [3.63, 3.8) is 0 Å². The smallest absolute Gasteiger partial charge is 0.269 e. The van der Waals surface area contributed by atoms with Crippen molar-refractivity contribution in [2.75, 3.05) is 0 Å². The van der Waals surface area contributed by atoms with Crippen LogP contribution < -0.4 is 0 Å². The first kappa shape index (κ1) is 16.7. The van der Waals surface area contributed by atoms with Gasteiger partial charge in [-0.15, -0.1) is 4.91 Å². The number of non-ortho nitro benzene ring substituents is 1. The minimum absolute atomic E-state index is 0.0372. The third kappa shape index (κ3) is 4.41. The summed E-state index contributed by atoms with van der Waals surface area (Å²) in [7, 11) is 0. The van der Waals surface area contributed by atoms with Gasteiger partial charge in [-0.1, -0.05) is 12.1 Å². The first-order valence-electron chi connectivity index (χ1n) is 7.05. The zero-order chi connectivity index (χ0) is 16.8. The Kier molecular flexibility index (Phi) is 5.51. The van der Waals surface area contributed by atoms with Gasteiger partial charge < -0.3 is 10.2 Å². The van der Waals surface area contributed by atoms with E-state index in [1.807, 2.05) is 0 Å². The average molecular weight is 316 g/mol. The summed E-state index contributed by atoms with van der Waals surface area (Å²) in [5, 5.41) is 33.5. The molecular weight excluding hydrogens is 300 g/mol. The highest BCUT2D eigenvalue weighted by atomic mass is 16.6. The van der Waals surface area contributed by atoms with Gasteiger partial charge in [-0.3, -0.25) is 10.1 Å². The summed E-state index contributed by atoms with van der Waals surface area (Å²) in [6, 6.07) is 11.9. The summed E-state index contributed by atoms with van der Waals surface area (Å²) in [4.78, 5) is 20.4. The summed E-state index contributed by atoms with van der Waals surface area (Å²) in [6.45, 7) is 0. The van der Waals surface area contributed by atoms with Crippen LogP contribution in [-0.2, 0) is 0 Å². The predicted molar refractivity (Wildman–Crippen MR) is 84.1 cm³/mol. The van der Waals surface area contributed by atoms with Gasteiger partial charge in [-0.2, -0.15) is 0 Å². The maximum absolute atomic E-state index is 10.6. The number of hydrogen-bond donors (Lipinski definition) is 2. The van der Waals surface area contributed by atoms with Crippen molar-refractivity contribution < 1.29 is 15.1 Å². The zero-order valence-corrected chi connectivity index (χ0v) is 12.2. The van der Waals surface area contributed by atoms with E-state index in [2.05, 4.69) is 5.18 Å². The van der Waals surface area contributed by atoms with E-state index in [-0.39, 0.29) is 11.4 Å². The molecule has 23 heavy (non-hydrogen) atoms. The van der Waals surface area contributed by atoms with Crippen LogP contribution in [0.3, 0.4) is 0 Å². The minimum Gasteiger partial charge on any atom is -0.388 e. The largest absolute Gasteiger partial charge is 0.388 e. The van der Waals surface area contributed by atoms with E-state index in [1.54, 1.807) is 12.1 Å². The average Bonchev–Trinajstić information content (AvgIpc) is 2.59. The van der Waals surface area contributed by atoms with Crippen LogP contribution in [0.25, 0.3) is 0 Å². The molecule has 0 saturated carbocycles. The zero-order valence-electron chi connectivity index (χ0n) is 12.2. The molecule has 2 rings (SSSR count). The van der Waals surface area contributed by atoms with E-state index < -0.39 is 17.1 Å². The SMILES string of the molecule is O=Nc1ccc(C(O)CCC(O)c2ccc([N+](=O)[O-])cc2)cc1. The number of nitrogens with zero attached hydrogens (tertiary/aromatic N) is 2. The highest BCUT2D eigenvalue weighted by Gasteiger charge is 2.14. The fourth-order valence-corrected chi connectivity index (χ4v) is 2.22. The van der Waals surface area contributed by atoms with Crippen LogP contribution >= 0.6 is 0 Å². The van der Waals surface area contributed by atoms with Crippen LogP contribution in [0.4, 0.5) is 11.4 Å². The Labute approximate surface area is 132 Å². The summed E-state index contributed by atoms with van der Waals surface area (Å²) in [5.41, 5.74) is 1.44. The van der Waals surface area contributed by atoms with Gasteiger partial charge in [-0.05, 0) is 53.4 Å². The van der Waals surface area contributed by atoms with Crippen molar-refractivity contribution in [3.05, 3.63) is 74.7 Å². The van der Waals surface area contributed by atoms with Crippen molar-refractivity contribution in [1.82, 2.24) is 0 Å². The summed E-state index contributed by atoms with van der Waals surface area (Å²) in [5.74, 6) is 0. The van der Waals surface area contributed by atoms with Crippen molar-refractivity contribution in [1.29, 1.82) is 0 Å². The highest BCUT2D eigenvalue weighted by molar-refractivity contribution is 5.39. The van der Waals surface area contributed by atoms with Gasteiger partial charge in [0.1, 0.15) is 5.69 Å². The lowest BCUT2D eigenvalue weighted by molar-refractivity contribution is -0.384. The molecule has 7 heteroatoms. The number of rotatable bonds is 7. The molecule has 2 unspecified atom stereocenters. The summed E-state index contributed by atoms with van der Waals surface area (Å²) in [6.07, 6.45) is -0.983. The lowest BCUT2D eigenvalue weighted by atomic mass is 9.99. The number of nitroso groups, excluding NO2 is 1. The fraction of sp³-hybridized carbons (Fsp3) is 0.250. The molecule has 0 aromatic heterocycles. The monoisotopic (exact) mass is 316 g/mol. The molecule has 0 amide bonds. The van der Waals surface area contributed by atoms with Crippen LogP contribution in [0.5, 0.6) is 0 Å². The number of aliphatic hydroxyl groups excluding tert-OH is 2. The van der Waals surface area contributed by atoms with E-state index in [0.29, 0.717) is 24.0 Å². The van der Waals surface area contributed by atoms with Crippen molar-refractivity contribution in [2.24, 2.45) is 5.18 Å². The molecule has 0 aliphatic rings. The number of nitro groups is 1. The molecule has 0 radical (unpaired) electrons. The third-order valence-electron chi connectivity index (χ3n) is 3.59. The van der Waals surface area contributed by atoms with Crippen LogP contribution in [-0.4, -0.2) is 15.1 Å². The molecule has 0 heterocycles. The Morgan fingerprint density at radius 3 is 1.74 bits per heavy atom. The Balaban J connectivity index is 1.93. The van der Waals surface area contributed by atoms with E-state index >= 15 is 0 Å². The molecule has 120 valence electrons. The van der Waals surface area contributed by atoms with Gasteiger partial charge in [-0.25, -0.2) is 0 Å². The van der Waals surface area contributed by atoms with Crippen LogP contribution in [0, 0.1) is 15.0 Å². The van der Waals surface area contributed by atoms with Gasteiger partial charge >= 0.3 is 0 Å². The maximum Gasteiger partial charge on any atom is 0.269 e. The minimum atomic E-state index is -0.818. The standard InChI is InChI=1S/C16H16N2O5/c19-15(11-1-5-13(17-21)6-2-11)9-10-16(20)12-3-7-14(8-4-12)18(22)23/h1-8,15-16,19-20H,9-10H2. The van der Waals surface area contributed by atoms with E-state index in [0.717, 1.165) is 0 Å². The first-order valence-corrected chi connectivity index (χ1v) is 7.05. The maximum atomic E-state index is 10.6. The Morgan fingerprint density at radius 1 is 0.913 bits per heavy atom. The molecule has 2 atom stereocenters. The van der Waals surface area contributed by atoms with Gasteiger partial charge in [0.25, 0.3) is 5.69 Å². The Bertz CT molecular complexity index is 670. The first-order chi connectivity index (χ1) is 11.0. The van der Waals surface area contributed by atoms with Crippen molar-refractivity contribution in [2.45, 2.75) is 25.0 Å². The lowest BCUT2D eigenvalue weighted by Crippen LogP contribution is -2.03. The van der Waals surface area contributed by atoms with Gasteiger partial charge in [0.15, 0.2) is 0 Å². The molecule has 0 aliphatic heterocycles. The highest BCUT2D eigenvalue weighted by Crippen LogP contribution is 2.27. The molecule has 0 saturated heterocycles. The number of benzene rings is 2. The summed E-state index contributed by atoms with van der Waals surface area (Å²) < 4.78 is 0. The third-order valence-corrected chi connectivity index (χ3v) is 3.59. The van der Waals surface area contributed by atoms with Crippen LogP contribution in [0.15, 0.2) is 53.7 Å². The lowest BCUT2D eigenvalue weighted by Gasteiger charge is -2.15. The van der Waals surface area contributed by atoms with E-state index in [9.17, 15) is 25.2 Å². The molecule has 0 aliphatic carbocycles. The molecular formula is C16H16N2O5. The topological polar surface area (TPSA) is 113 Å². The quantitative estimate of drug-likeness (QED) is 0.461. The fourth-order valence-electron chi connectivity index (χ4n) is 2.22. The second kappa shape index (κ2) is 7.57. The molecule has 2 N–H and O–H groups in total. The van der Waals surface area contributed by atoms with Crippen molar-refractivity contribution in [3.8, 4) is 0 Å². The molecule has 0 fully saturated rings. The number of nitro benzene ring substituents is 1. The van der Waals surface area contributed by atoms with E-state index in [4.69, 9.17) is 0 Å². The van der Waals surface area contributed by atoms with Gasteiger partial charge in [0.05, 0.1) is 17.1 Å². The van der Waals surface area contributed by atoms with Crippen molar-refractivity contribution >= 4 is 11.4 Å². The number of aliphatic hydroxyl groups is 2. The molecule has 0 bridgehead atoms. The van der Waals surface area contributed by atoms with Crippen LogP contribution in [0.1, 0.15) is 36.2 Å². The van der Waals surface area contributed by atoms with Crippen LogP contribution in [0.2, 0.25) is 0 Å². The second-order valence-electron chi connectivity index (χ2n) is 5.14. The van der Waals surface area contributed by atoms with Gasteiger partial charge in [0, 0.05) is 12.1 Å². The Morgan fingerprint density at radius 2 is 1.35 bits per heavy atom.